The quantitative estimate of drug-likeness (QED) is 0.447. The van der Waals surface area contributed by atoms with Gasteiger partial charge in [0.1, 0.15) is 11.5 Å². The van der Waals surface area contributed by atoms with E-state index in [1.807, 2.05) is 48.2 Å². The van der Waals surface area contributed by atoms with Crippen molar-refractivity contribution in [1.82, 2.24) is 4.90 Å². The van der Waals surface area contributed by atoms with Gasteiger partial charge in [-0.1, -0.05) is 55.3 Å². The summed E-state index contributed by atoms with van der Waals surface area (Å²) in [6.45, 7) is 5.53. The van der Waals surface area contributed by atoms with Gasteiger partial charge in [-0.3, -0.25) is 9.59 Å². The summed E-state index contributed by atoms with van der Waals surface area (Å²) in [7, 11) is 0. The molecule has 5 heteroatoms. The lowest BCUT2D eigenvalue weighted by Gasteiger charge is -2.22. The van der Waals surface area contributed by atoms with Crippen molar-refractivity contribution in [1.29, 1.82) is 0 Å². The summed E-state index contributed by atoms with van der Waals surface area (Å²) in [5, 5.41) is 0. The molecule has 4 rings (SSSR count). The maximum atomic E-state index is 13.1. The van der Waals surface area contributed by atoms with Crippen LogP contribution in [0.3, 0.4) is 0 Å². The fourth-order valence-electron chi connectivity index (χ4n) is 4.31. The Balaban J connectivity index is 1.51. The summed E-state index contributed by atoms with van der Waals surface area (Å²) < 4.78 is 11.5. The monoisotopic (exact) mass is 355 g/mol. The molecule has 3 heterocycles. The molecule has 0 saturated carbocycles. The maximum absolute atomic E-state index is 13.1. The summed E-state index contributed by atoms with van der Waals surface area (Å²) in [6, 6.07) is 8.17. The fraction of sp³-hybridized carbons (Fsp3) is 0.524. The minimum absolute atomic E-state index is 0.00475. The molecule has 0 N–H and O–H groups in total. The highest BCUT2D eigenvalue weighted by molar-refractivity contribution is 5.91. The van der Waals surface area contributed by atoms with Crippen molar-refractivity contribution >= 4 is 11.9 Å². The maximum Gasteiger partial charge on any atom is 0.312 e. The molecule has 3 aliphatic rings. The topological polar surface area (TPSA) is 55.8 Å². The number of esters is 1. The number of aryl methyl sites for hydroxylation is 1. The first-order valence-electron chi connectivity index (χ1n) is 9.42. The average molecular weight is 355 g/mol. The molecule has 0 radical (unpaired) electrons. The minimum Gasteiger partial charge on any atom is -0.465 e. The molecular formula is C21H25NO4. The van der Waals surface area contributed by atoms with Crippen molar-refractivity contribution < 1.29 is 19.1 Å². The SMILES string of the molecule is CCCCOC(=O)[C@H]1[C@H]2C=C[C@@]3(CN(Cc4ccc(C)cc4)C(=O)[C@@H]13)O2. The van der Waals surface area contributed by atoms with Crippen LogP contribution >= 0.6 is 0 Å². The van der Waals surface area contributed by atoms with E-state index in [-0.39, 0.29) is 18.0 Å². The van der Waals surface area contributed by atoms with Crippen LogP contribution in [0.25, 0.3) is 0 Å². The van der Waals surface area contributed by atoms with E-state index < -0.39 is 17.4 Å². The smallest absolute Gasteiger partial charge is 0.312 e. The van der Waals surface area contributed by atoms with E-state index in [0.717, 1.165) is 18.4 Å². The Morgan fingerprint density at radius 3 is 2.85 bits per heavy atom. The predicted molar refractivity (Wildman–Crippen MR) is 96.2 cm³/mol. The summed E-state index contributed by atoms with van der Waals surface area (Å²) in [4.78, 5) is 27.5. The number of ether oxygens (including phenoxy) is 2. The Morgan fingerprint density at radius 2 is 2.12 bits per heavy atom. The summed E-state index contributed by atoms with van der Waals surface area (Å²) >= 11 is 0. The van der Waals surface area contributed by atoms with E-state index in [0.29, 0.717) is 19.7 Å². The average Bonchev–Trinajstić information content (AvgIpc) is 3.26. The zero-order valence-electron chi connectivity index (χ0n) is 15.3. The molecule has 0 aromatic heterocycles. The Hall–Kier alpha value is -2.14. The van der Waals surface area contributed by atoms with Gasteiger partial charge in [-0.2, -0.15) is 0 Å². The van der Waals surface area contributed by atoms with Crippen LogP contribution in [0.4, 0.5) is 0 Å². The molecule has 26 heavy (non-hydrogen) atoms. The normalized spacial score (nSPS) is 31.5. The first kappa shape index (κ1) is 17.3. The van der Waals surface area contributed by atoms with E-state index in [4.69, 9.17) is 9.47 Å². The molecular weight excluding hydrogens is 330 g/mol. The van der Waals surface area contributed by atoms with Crippen LogP contribution in [0.2, 0.25) is 0 Å². The molecule has 5 nitrogen and oxygen atoms in total. The van der Waals surface area contributed by atoms with E-state index in [2.05, 4.69) is 6.92 Å². The van der Waals surface area contributed by atoms with Crippen LogP contribution in [-0.2, 0) is 25.6 Å². The molecule has 1 aromatic rings. The van der Waals surface area contributed by atoms with E-state index in [1.165, 1.54) is 5.56 Å². The number of carbonyl (C=O) groups is 2. The zero-order valence-corrected chi connectivity index (χ0v) is 15.3. The van der Waals surface area contributed by atoms with Crippen molar-refractivity contribution in [3.63, 3.8) is 0 Å². The van der Waals surface area contributed by atoms with Crippen LogP contribution in [0.15, 0.2) is 36.4 Å². The number of amides is 1. The van der Waals surface area contributed by atoms with Crippen molar-refractivity contribution in [2.75, 3.05) is 13.2 Å². The third kappa shape index (κ3) is 2.75. The van der Waals surface area contributed by atoms with E-state index in [9.17, 15) is 9.59 Å². The molecule has 1 aromatic carbocycles. The molecule has 3 aliphatic heterocycles. The van der Waals surface area contributed by atoms with Crippen LogP contribution in [0, 0.1) is 18.8 Å². The summed E-state index contributed by atoms with van der Waals surface area (Å²) in [5.41, 5.74) is 1.61. The largest absolute Gasteiger partial charge is 0.465 e. The van der Waals surface area contributed by atoms with Gasteiger partial charge >= 0.3 is 5.97 Å². The van der Waals surface area contributed by atoms with Crippen molar-refractivity contribution in [2.24, 2.45) is 11.8 Å². The second-order valence-corrected chi connectivity index (χ2v) is 7.60. The highest BCUT2D eigenvalue weighted by atomic mass is 16.6. The molecule has 138 valence electrons. The lowest BCUT2D eigenvalue weighted by atomic mass is 9.77. The lowest BCUT2D eigenvalue weighted by Crippen LogP contribution is -2.40. The standard InChI is InChI=1S/C21H25NO4/c1-3-4-11-25-20(24)17-16-9-10-21(26-16)13-22(19(23)18(17)21)12-15-7-5-14(2)6-8-15/h5-10,16-18H,3-4,11-13H2,1-2H3/t16-,17+,18-,21+/m1/s1. The molecule has 0 aliphatic carbocycles. The van der Waals surface area contributed by atoms with Crippen LogP contribution < -0.4 is 0 Å². The predicted octanol–water partition coefficient (Wildman–Crippen LogP) is 2.62. The third-order valence-corrected chi connectivity index (χ3v) is 5.69. The Bertz CT molecular complexity index is 741. The third-order valence-electron chi connectivity index (χ3n) is 5.69. The first-order chi connectivity index (χ1) is 12.5. The van der Waals surface area contributed by atoms with Gasteiger partial charge < -0.3 is 14.4 Å². The Morgan fingerprint density at radius 1 is 1.35 bits per heavy atom. The van der Waals surface area contributed by atoms with Crippen molar-refractivity contribution in [3.05, 3.63) is 47.5 Å². The van der Waals surface area contributed by atoms with Gasteiger partial charge in [0.2, 0.25) is 5.91 Å². The van der Waals surface area contributed by atoms with E-state index >= 15 is 0 Å². The number of carbonyl (C=O) groups excluding carboxylic acids is 2. The van der Waals surface area contributed by atoms with E-state index in [1.54, 1.807) is 0 Å². The molecule has 0 unspecified atom stereocenters. The molecule has 2 fully saturated rings. The van der Waals surface area contributed by atoms with Crippen molar-refractivity contribution in [2.45, 2.75) is 44.9 Å². The van der Waals surface area contributed by atoms with Crippen LogP contribution in [0.1, 0.15) is 30.9 Å². The summed E-state index contributed by atoms with van der Waals surface area (Å²) in [5.74, 6) is -1.29. The van der Waals surface area contributed by atoms with Gasteiger partial charge in [-0.05, 0) is 18.9 Å². The fourth-order valence-corrected chi connectivity index (χ4v) is 4.31. The second-order valence-electron chi connectivity index (χ2n) is 7.60. The number of nitrogens with zero attached hydrogens (tertiary/aromatic N) is 1. The number of fused-ring (bicyclic) bond motifs is 1. The zero-order chi connectivity index (χ0) is 18.3. The first-order valence-corrected chi connectivity index (χ1v) is 9.42. The van der Waals surface area contributed by atoms with Gasteiger partial charge in [0.15, 0.2) is 0 Å². The minimum atomic E-state index is -0.666. The number of hydrogen-bond donors (Lipinski definition) is 0. The molecule has 1 spiro atoms. The Labute approximate surface area is 154 Å². The van der Waals surface area contributed by atoms with Gasteiger partial charge in [0.25, 0.3) is 0 Å². The van der Waals surface area contributed by atoms with Gasteiger partial charge in [0.05, 0.1) is 25.2 Å². The summed E-state index contributed by atoms with van der Waals surface area (Å²) in [6.07, 6.45) is 5.37. The van der Waals surface area contributed by atoms with Crippen LogP contribution in [0.5, 0.6) is 0 Å². The van der Waals surface area contributed by atoms with Gasteiger partial charge in [0, 0.05) is 6.54 Å². The Kier molecular flexibility index (Phi) is 4.35. The highest BCUT2D eigenvalue weighted by Gasteiger charge is 2.67. The number of rotatable bonds is 6. The van der Waals surface area contributed by atoms with Crippen LogP contribution in [-0.4, -0.2) is 41.6 Å². The van der Waals surface area contributed by atoms with Gasteiger partial charge in [-0.15, -0.1) is 0 Å². The molecule has 2 bridgehead atoms. The number of benzene rings is 1. The highest BCUT2D eigenvalue weighted by Crippen LogP contribution is 2.52. The molecule has 4 atom stereocenters. The molecule has 2 saturated heterocycles. The van der Waals surface area contributed by atoms with Gasteiger partial charge in [-0.25, -0.2) is 0 Å². The number of likely N-dealkylation sites (tertiary alicyclic amines) is 1. The second kappa shape index (κ2) is 6.54. The molecule has 1 amide bonds. The number of unbranched alkanes of at least 4 members (excludes halogenated alkanes) is 1. The number of hydrogen-bond acceptors (Lipinski definition) is 4. The van der Waals surface area contributed by atoms with Crippen molar-refractivity contribution in [3.8, 4) is 0 Å². The lowest BCUT2D eigenvalue weighted by molar-refractivity contribution is -0.154.